The lowest BCUT2D eigenvalue weighted by molar-refractivity contribution is -0.137. The Labute approximate surface area is 203 Å². The maximum Gasteiger partial charge on any atom is 0.285 e. The molecule has 3 N–H and O–H groups in total. The van der Waals surface area contributed by atoms with Gasteiger partial charge in [0.05, 0.1) is 24.4 Å². The maximum absolute atomic E-state index is 12.2. The molecule has 9 heteroatoms. The number of benzene rings is 1. The van der Waals surface area contributed by atoms with E-state index in [-0.39, 0.29) is 18.2 Å². The minimum absolute atomic E-state index is 0.151. The molecule has 4 heterocycles. The molecule has 1 aromatic carbocycles. The fourth-order valence-corrected chi connectivity index (χ4v) is 4.52. The minimum atomic E-state index is -1.67. The first-order valence-corrected chi connectivity index (χ1v) is 11.6. The summed E-state index contributed by atoms with van der Waals surface area (Å²) in [6.45, 7) is 4.41. The summed E-state index contributed by atoms with van der Waals surface area (Å²) in [5, 5.41) is 10.6. The van der Waals surface area contributed by atoms with Gasteiger partial charge in [-0.05, 0) is 29.8 Å². The van der Waals surface area contributed by atoms with Crippen molar-refractivity contribution in [3.8, 4) is 23.1 Å². The summed E-state index contributed by atoms with van der Waals surface area (Å²) in [5.41, 5.74) is 7.81. The SMILES string of the molecule is CN1CC[C@@](O)(C#Cc2cccc(-c3nc(C(N)=O)n4ccc(CN5CCOCC5)cc34)c2)C1=O. The molecule has 0 aliphatic carbocycles. The molecule has 2 aliphatic rings. The Morgan fingerprint density at radius 2 is 2.03 bits per heavy atom. The van der Waals surface area contributed by atoms with E-state index in [2.05, 4.69) is 21.7 Å². The Morgan fingerprint density at radius 3 is 2.74 bits per heavy atom. The minimum Gasteiger partial charge on any atom is -0.379 e. The largest absolute Gasteiger partial charge is 0.379 e. The van der Waals surface area contributed by atoms with Gasteiger partial charge in [0.25, 0.3) is 11.8 Å². The number of likely N-dealkylation sites (N-methyl/N-ethyl adjacent to an activating group) is 1. The molecular weight excluding hydrogens is 446 g/mol. The second-order valence-corrected chi connectivity index (χ2v) is 8.99. The number of likely N-dealkylation sites (tertiary alicyclic amines) is 1. The first-order valence-electron chi connectivity index (χ1n) is 11.6. The van der Waals surface area contributed by atoms with Crippen molar-refractivity contribution in [3.05, 3.63) is 59.5 Å². The number of hydrogen-bond acceptors (Lipinski definition) is 6. The van der Waals surface area contributed by atoms with Gasteiger partial charge in [-0.3, -0.25) is 18.9 Å². The second-order valence-electron chi connectivity index (χ2n) is 8.99. The number of ether oxygens (including phenoxy) is 1. The number of nitrogens with two attached hydrogens (primary N) is 1. The maximum atomic E-state index is 12.2. The molecule has 3 aromatic rings. The number of nitrogens with zero attached hydrogens (tertiary/aromatic N) is 4. The monoisotopic (exact) mass is 473 g/mol. The normalized spacial score (nSPS) is 20.7. The Morgan fingerprint density at radius 1 is 1.23 bits per heavy atom. The fourth-order valence-electron chi connectivity index (χ4n) is 4.52. The zero-order valence-corrected chi connectivity index (χ0v) is 19.5. The van der Waals surface area contributed by atoms with Gasteiger partial charge in [-0.2, -0.15) is 0 Å². The molecule has 2 fully saturated rings. The van der Waals surface area contributed by atoms with Gasteiger partial charge in [0.15, 0.2) is 0 Å². The summed E-state index contributed by atoms with van der Waals surface area (Å²) in [6, 6.07) is 11.4. The van der Waals surface area contributed by atoms with Gasteiger partial charge in [-0.25, -0.2) is 4.98 Å². The first kappa shape index (κ1) is 23.1. The van der Waals surface area contributed by atoms with E-state index in [1.54, 1.807) is 17.5 Å². The molecular formula is C26H27N5O4. The Kier molecular flexibility index (Phi) is 6.03. The molecule has 9 nitrogen and oxygen atoms in total. The Hall–Kier alpha value is -3.71. The number of carbonyl (C=O) groups is 2. The number of aliphatic hydroxyl groups is 1. The fraction of sp³-hybridized carbons (Fsp3) is 0.346. The van der Waals surface area contributed by atoms with Gasteiger partial charge < -0.3 is 20.5 Å². The molecule has 35 heavy (non-hydrogen) atoms. The number of primary amides is 1. The van der Waals surface area contributed by atoms with Crippen LogP contribution in [-0.2, 0) is 16.1 Å². The number of rotatable bonds is 4. The number of carbonyl (C=O) groups excluding carboxylic acids is 2. The van der Waals surface area contributed by atoms with Crippen molar-refractivity contribution in [3.63, 3.8) is 0 Å². The first-order chi connectivity index (χ1) is 16.8. The van der Waals surface area contributed by atoms with Gasteiger partial charge in [-0.1, -0.05) is 24.0 Å². The van der Waals surface area contributed by atoms with E-state index >= 15 is 0 Å². The van der Waals surface area contributed by atoms with Crippen LogP contribution in [0, 0.1) is 11.8 Å². The molecule has 0 unspecified atom stereocenters. The number of morpholine rings is 1. The van der Waals surface area contributed by atoms with E-state index < -0.39 is 11.5 Å². The Balaban J connectivity index is 1.51. The van der Waals surface area contributed by atoms with E-state index in [4.69, 9.17) is 10.5 Å². The van der Waals surface area contributed by atoms with Crippen molar-refractivity contribution in [1.29, 1.82) is 0 Å². The number of fused-ring (bicyclic) bond motifs is 1. The Bertz CT molecular complexity index is 1370. The number of aromatic nitrogens is 2. The molecule has 0 spiro atoms. The predicted octanol–water partition coefficient (Wildman–Crippen LogP) is 0.877. The quantitative estimate of drug-likeness (QED) is 0.544. The highest BCUT2D eigenvalue weighted by Gasteiger charge is 2.42. The van der Waals surface area contributed by atoms with Crippen LogP contribution in [0.1, 0.15) is 28.2 Å². The molecule has 0 saturated carbocycles. The molecule has 2 aromatic heterocycles. The van der Waals surface area contributed by atoms with Crippen LogP contribution in [0.15, 0.2) is 42.6 Å². The highest BCUT2D eigenvalue weighted by molar-refractivity contribution is 5.93. The lowest BCUT2D eigenvalue weighted by atomic mass is 10.0. The second kappa shape index (κ2) is 9.15. The van der Waals surface area contributed by atoms with Crippen molar-refractivity contribution in [2.75, 3.05) is 39.9 Å². The molecule has 1 atom stereocenters. The van der Waals surface area contributed by atoms with Crippen molar-refractivity contribution in [2.45, 2.75) is 18.6 Å². The molecule has 0 bridgehead atoms. The summed E-state index contributed by atoms with van der Waals surface area (Å²) < 4.78 is 7.14. The summed E-state index contributed by atoms with van der Waals surface area (Å²) in [5.74, 6) is 4.83. The number of amides is 2. The molecule has 2 saturated heterocycles. The van der Waals surface area contributed by atoms with Crippen molar-refractivity contribution < 1.29 is 19.4 Å². The van der Waals surface area contributed by atoms with E-state index in [0.717, 1.165) is 49.5 Å². The van der Waals surface area contributed by atoms with Gasteiger partial charge in [0.2, 0.25) is 11.4 Å². The highest BCUT2D eigenvalue weighted by Crippen LogP contribution is 2.27. The van der Waals surface area contributed by atoms with Crippen LogP contribution in [0.5, 0.6) is 0 Å². The number of imidazole rings is 1. The smallest absolute Gasteiger partial charge is 0.285 e. The molecule has 180 valence electrons. The lowest BCUT2D eigenvalue weighted by Gasteiger charge is -2.26. The van der Waals surface area contributed by atoms with E-state index in [9.17, 15) is 14.7 Å². The van der Waals surface area contributed by atoms with Crippen LogP contribution in [0.25, 0.3) is 16.8 Å². The van der Waals surface area contributed by atoms with Gasteiger partial charge >= 0.3 is 0 Å². The molecule has 2 aliphatic heterocycles. The predicted molar refractivity (Wildman–Crippen MR) is 129 cm³/mol. The lowest BCUT2D eigenvalue weighted by Crippen LogP contribution is -2.37. The molecule has 5 rings (SSSR count). The van der Waals surface area contributed by atoms with Crippen LogP contribution in [0.2, 0.25) is 0 Å². The van der Waals surface area contributed by atoms with Crippen LogP contribution >= 0.6 is 0 Å². The summed E-state index contributed by atoms with van der Waals surface area (Å²) in [7, 11) is 1.65. The van der Waals surface area contributed by atoms with Crippen molar-refractivity contribution in [2.24, 2.45) is 5.73 Å². The zero-order valence-electron chi connectivity index (χ0n) is 19.5. The highest BCUT2D eigenvalue weighted by atomic mass is 16.5. The summed E-state index contributed by atoms with van der Waals surface area (Å²) in [6.07, 6.45) is 2.09. The molecule has 0 radical (unpaired) electrons. The van der Waals surface area contributed by atoms with Gasteiger partial charge in [-0.15, -0.1) is 0 Å². The summed E-state index contributed by atoms with van der Waals surface area (Å²) in [4.78, 5) is 32.7. The summed E-state index contributed by atoms with van der Waals surface area (Å²) >= 11 is 0. The van der Waals surface area contributed by atoms with Gasteiger partial charge in [0.1, 0.15) is 0 Å². The zero-order chi connectivity index (χ0) is 24.6. The topological polar surface area (TPSA) is 113 Å². The molecule has 2 amide bonds. The van der Waals surface area contributed by atoms with Crippen LogP contribution in [0.3, 0.4) is 0 Å². The van der Waals surface area contributed by atoms with Gasteiger partial charge in [0, 0.05) is 57.0 Å². The number of hydrogen-bond donors (Lipinski definition) is 2. The van der Waals surface area contributed by atoms with Crippen LogP contribution in [-0.4, -0.2) is 81.6 Å². The third-order valence-electron chi connectivity index (χ3n) is 6.50. The third-order valence-corrected chi connectivity index (χ3v) is 6.50. The third kappa shape index (κ3) is 4.51. The van der Waals surface area contributed by atoms with E-state index in [1.165, 1.54) is 4.90 Å². The van der Waals surface area contributed by atoms with Crippen molar-refractivity contribution >= 4 is 17.3 Å². The van der Waals surface area contributed by atoms with Crippen molar-refractivity contribution in [1.82, 2.24) is 19.2 Å². The average molecular weight is 474 g/mol. The van der Waals surface area contributed by atoms with Crippen LogP contribution < -0.4 is 5.73 Å². The number of pyridine rings is 1. The van der Waals surface area contributed by atoms with Crippen LogP contribution in [0.4, 0.5) is 0 Å². The standard InChI is InChI=1S/C26H27N5O4/c1-29-10-8-26(34,25(29)33)7-5-18-3-2-4-20(15-18)22-21-16-19(17-30-11-13-35-14-12-30)6-9-31(21)24(28-22)23(27)32/h2-4,6,9,15-16,34H,8,10-14,17H2,1H3,(H2,27,32)/t26-/m0/s1. The van der Waals surface area contributed by atoms with E-state index in [1.807, 2.05) is 36.5 Å². The van der Waals surface area contributed by atoms with E-state index in [0.29, 0.717) is 17.8 Å². The average Bonchev–Trinajstić information content (AvgIpc) is 3.37.